The first-order valence-electron chi connectivity index (χ1n) is 6.35. The van der Waals surface area contributed by atoms with Gasteiger partial charge >= 0.3 is 0 Å². The molecule has 0 radical (unpaired) electrons. The van der Waals surface area contributed by atoms with Gasteiger partial charge in [-0.3, -0.25) is 4.79 Å². The topological polar surface area (TPSA) is 43.1 Å². The predicted molar refractivity (Wildman–Crippen MR) is 90.9 cm³/mol. The van der Waals surface area contributed by atoms with Crippen molar-refractivity contribution in [3.63, 3.8) is 0 Å². The third kappa shape index (κ3) is 2.55. The lowest BCUT2D eigenvalue weighted by Gasteiger charge is -2.09. The van der Waals surface area contributed by atoms with Crippen molar-refractivity contribution in [1.82, 2.24) is 0 Å². The van der Waals surface area contributed by atoms with Gasteiger partial charge in [0.25, 0.3) is 0 Å². The number of fused-ring (bicyclic) bond motifs is 1. The van der Waals surface area contributed by atoms with E-state index < -0.39 is 0 Å². The molecule has 0 unspecified atom stereocenters. The second-order valence-corrected chi connectivity index (χ2v) is 5.97. The van der Waals surface area contributed by atoms with Gasteiger partial charge in [0.15, 0.2) is 5.78 Å². The zero-order chi connectivity index (χ0) is 15.0. The molecule has 21 heavy (non-hydrogen) atoms. The van der Waals surface area contributed by atoms with Crippen molar-refractivity contribution in [3.05, 3.63) is 75.2 Å². The highest BCUT2D eigenvalue weighted by molar-refractivity contribution is 9.10. The summed E-state index contributed by atoms with van der Waals surface area (Å²) in [5.41, 5.74) is 7.50. The molecule has 0 saturated carbocycles. The highest BCUT2D eigenvalue weighted by atomic mass is 79.9. The first kappa shape index (κ1) is 14.1. The van der Waals surface area contributed by atoms with Gasteiger partial charge < -0.3 is 5.73 Å². The number of hydrogen-bond donors (Lipinski definition) is 1. The standard InChI is InChI=1S/C17H11BrClNO/c18-15-7-5-10(20)9-14(15)17(21)13-6-8-16(19)12-4-2-1-3-11(12)13/h1-9H,20H2. The number of carbonyl (C=O) groups excluding carboxylic acids is 1. The number of nitrogen functional groups attached to an aromatic ring is 1. The summed E-state index contributed by atoms with van der Waals surface area (Å²) in [6.07, 6.45) is 0. The van der Waals surface area contributed by atoms with E-state index in [-0.39, 0.29) is 5.78 Å². The van der Waals surface area contributed by atoms with Crippen LogP contribution in [0.25, 0.3) is 10.8 Å². The fourth-order valence-electron chi connectivity index (χ4n) is 2.32. The van der Waals surface area contributed by atoms with Crippen LogP contribution >= 0.6 is 27.5 Å². The van der Waals surface area contributed by atoms with Gasteiger partial charge in [0.05, 0.1) is 0 Å². The molecule has 0 saturated heterocycles. The Morgan fingerprint density at radius 1 is 0.952 bits per heavy atom. The molecular formula is C17H11BrClNO. The van der Waals surface area contributed by atoms with Crippen LogP contribution < -0.4 is 5.73 Å². The highest BCUT2D eigenvalue weighted by Crippen LogP contribution is 2.30. The van der Waals surface area contributed by atoms with Crippen molar-refractivity contribution in [3.8, 4) is 0 Å². The maximum absolute atomic E-state index is 12.8. The number of anilines is 1. The fourth-order valence-corrected chi connectivity index (χ4v) is 2.98. The number of halogens is 2. The molecule has 0 aliphatic rings. The largest absolute Gasteiger partial charge is 0.399 e. The summed E-state index contributed by atoms with van der Waals surface area (Å²) < 4.78 is 0.723. The first-order chi connectivity index (χ1) is 10.1. The minimum atomic E-state index is -0.0814. The second kappa shape index (κ2) is 5.51. The van der Waals surface area contributed by atoms with Crippen LogP contribution in [0.15, 0.2) is 59.1 Å². The summed E-state index contributed by atoms with van der Waals surface area (Å²) in [4.78, 5) is 12.8. The molecule has 0 amide bonds. The molecule has 0 atom stereocenters. The maximum atomic E-state index is 12.8. The number of carbonyl (C=O) groups is 1. The predicted octanol–water partition coefficient (Wildman–Crippen LogP) is 5.07. The maximum Gasteiger partial charge on any atom is 0.194 e. The zero-order valence-corrected chi connectivity index (χ0v) is 13.3. The Balaban J connectivity index is 2.23. The normalized spacial score (nSPS) is 10.8. The summed E-state index contributed by atoms with van der Waals surface area (Å²) in [6, 6.07) is 16.3. The van der Waals surface area contributed by atoms with Gasteiger partial charge in [0.1, 0.15) is 0 Å². The molecule has 0 heterocycles. The van der Waals surface area contributed by atoms with E-state index in [1.807, 2.05) is 24.3 Å². The van der Waals surface area contributed by atoms with Crippen LogP contribution in [0.1, 0.15) is 15.9 Å². The highest BCUT2D eigenvalue weighted by Gasteiger charge is 2.16. The summed E-state index contributed by atoms with van der Waals surface area (Å²) in [6.45, 7) is 0. The molecule has 3 rings (SSSR count). The van der Waals surface area contributed by atoms with E-state index in [2.05, 4.69) is 15.9 Å². The fraction of sp³-hybridized carbons (Fsp3) is 0. The minimum Gasteiger partial charge on any atom is -0.399 e. The van der Waals surface area contributed by atoms with Gasteiger partial charge in [-0.15, -0.1) is 0 Å². The molecule has 2 N–H and O–H groups in total. The van der Waals surface area contributed by atoms with Gasteiger partial charge in [0.2, 0.25) is 0 Å². The Morgan fingerprint density at radius 2 is 1.67 bits per heavy atom. The zero-order valence-electron chi connectivity index (χ0n) is 10.9. The van der Waals surface area contributed by atoms with Gasteiger partial charge in [-0.2, -0.15) is 0 Å². The lowest BCUT2D eigenvalue weighted by molar-refractivity contribution is 0.103. The van der Waals surface area contributed by atoms with E-state index in [1.54, 1.807) is 30.3 Å². The van der Waals surface area contributed by atoms with E-state index >= 15 is 0 Å². The van der Waals surface area contributed by atoms with E-state index in [1.165, 1.54) is 0 Å². The van der Waals surface area contributed by atoms with Crippen LogP contribution in [0.2, 0.25) is 5.02 Å². The van der Waals surface area contributed by atoms with Crippen LogP contribution in [-0.2, 0) is 0 Å². The number of benzene rings is 3. The molecule has 0 aromatic heterocycles. The molecule has 104 valence electrons. The van der Waals surface area contributed by atoms with Gasteiger partial charge in [0, 0.05) is 31.7 Å². The van der Waals surface area contributed by atoms with Crippen molar-refractivity contribution in [2.75, 3.05) is 5.73 Å². The Hall–Kier alpha value is -1.84. The molecular weight excluding hydrogens is 350 g/mol. The summed E-state index contributed by atoms with van der Waals surface area (Å²) in [5, 5.41) is 2.34. The van der Waals surface area contributed by atoms with E-state index in [4.69, 9.17) is 17.3 Å². The van der Waals surface area contributed by atoms with Gasteiger partial charge in [-0.05, 0) is 35.7 Å². The average molecular weight is 361 g/mol. The monoisotopic (exact) mass is 359 g/mol. The molecule has 0 bridgehead atoms. The van der Waals surface area contributed by atoms with Crippen LogP contribution in [0, 0.1) is 0 Å². The molecule has 0 fully saturated rings. The van der Waals surface area contributed by atoms with E-state index in [0.717, 1.165) is 15.2 Å². The third-order valence-electron chi connectivity index (χ3n) is 3.35. The smallest absolute Gasteiger partial charge is 0.194 e. The number of rotatable bonds is 2. The lowest BCUT2D eigenvalue weighted by Crippen LogP contribution is -2.04. The van der Waals surface area contributed by atoms with Crippen molar-refractivity contribution in [1.29, 1.82) is 0 Å². The van der Waals surface area contributed by atoms with Crippen LogP contribution in [-0.4, -0.2) is 5.78 Å². The van der Waals surface area contributed by atoms with Crippen LogP contribution in [0.3, 0.4) is 0 Å². The summed E-state index contributed by atoms with van der Waals surface area (Å²) >= 11 is 9.60. The van der Waals surface area contributed by atoms with Crippen molar-refractivity contribution < 1.29 is 4.79 Å². The molecule has 4 heteroatoms. The average Bonchev–Trinajstić information content (AvgIpc) is 2.50. The molecule has 3 aromatic rings. The quantitative estimate of drug-likeness (QED) is 0.512. The van der Waals surface area contributed by atoms with Gasteiger partial charge in [-0.25, -0.2) is 0 Å². The molecule has 2 nitrogen and oxygen atoms in total. The van der Waals surface area contributed by atoms with Crippen LogP contribution in [0.5, 0.6) is 0 Å². The first-order valence-corrected chi connectivity index (χ1v) is 7.52. The summed E-state index contributed by atoms with van der Waals surface area (Å²) in [7, 11) is 0. The van der Waals surface area contributed by atoms with Gasteiger partial charge in [-0.1, -0.05) is 51.8 Å². The van der Waals surface area contributed by atoms with E-state index in [9.17, 15) is 4.79 Å². The summed E-state index contributed by atoms with van der Waals surface area (Å²) in [5.74, 6) is -0.0814. The Bertz CT molecular complexity index is 861. The number of nitrogens with two attached hydrogens (primary N) is 1. The second-order valence-electron chi connectivity index (χ2n) is 4.71. The SMILES string of the molecule is Nc1ccc(Br)c(C(=O)c2ccc(Cl)c3ccccc23)c1. The van der Waals surface area contributed by atoms with Crippen molar-refractivity contribution >= 4 is 49.8 Å². The molecule has 0 spiro atoms. The molecule has 0 aliphatic heterocycles. The number of hydrogen-bond acceptors (Lipinski definition) is 2. The Kier molecular flexibility index (Phi) is 3.70. The van der Waals surface area contributed by atoms with Crippen LogP contribution in [0.4, 0.5) is 5.69 Å². The van der Waals surface area contributed by atoms with Crippen molar-refractivity contribution in [2.24, 2.45) is 0 Å². The lowest BCUT2D eigenvalue weighted by atomic mass is 9.97. The molecule has 3 aromatic carbocycles. The Labute approximate surface area is 135 Å². The third-order valence-corrected chi connectivity index (χ3v) is 4.37. The number of ketones is 1. The van der Waals surface area contributed by atoms with Crippen molar-refractivity contribution in [2.45, 2.75) is 0 Å². The van der Waals surface area contributed by atoms with E-state index in [0.29, 0.717) is 21.8 Å². The Morgan fingerprint density at radius 3 is 2.43 bits per heavy atom. The molecule has 0 aliphatic carbocycles. The minimum absolute atomic E-state index is 0.0814.